The number of benzene rings is 2. The van der Waals surface area contributed by atoms with E-state index in [1.807, 2.05) is 6.07 Å². The molecule has 0 saturated heterocycles. The summed E-state index contributed by atoms with van der Waals surface area (Å²) in [6, 6.07) is 14.9. The Morgan fingerprint density at radius 1 is 1.05 bits per heavy atom. The molecule has 2 rings (SSSR count). The largest absolute Gasteiger partial charge is 0.397 e. The van der Waals surface area contributed by atoms with Crippen molar-refractivity contribution in [3.63, 3.8) is 0 Å². The zero-order valence-corrected chi connectivity index (χ0v) is 13.5. The van der Waals surface area contributed by atoms with Gasteiger partial charge < -0.3 is 10.6 Å². The average Bonchev–Trinajstić information content (AvgIpc) is 2.39. The van der Waals surface area contributed by atoms with Crippen molar-refractivity contribution in [3.05, 3.63) is 57.2 Å². The molecule has 0 amide bonds. The summed E-state index contributed by atoms with van der Waals surface area (Å²) in [7, 11) is 2.08. The van der Waals surface area contributed by atoms with Gasteiger partial charge in [-0.2, -0.15) is 0 Å². The third kappa shape index (κ3) is 3.62. The van der Waals surface area contributed by atoms with Crippen LogP contribution in [0.4, 0.5) is 11.4 Å². The van der Waals surface area contributed by atoms with Gasteiger partial charge in [0.2, 0.25) is 0 Å². The molecule has 2 N–H and O–H groups in total. The molecular weight excluding hydrogens is 347 g/mol. The minimum atomic E-state index is 0.833. The molecule has 0 radical (unpaired) electrons. The number of aryl methyl sites for hydroxylation is 1. The molecule has 0 aliphatic heterocycles. The van der Waals surface area contributed by atoms with E-state index in [4.69, 9.17) is 5.73 Å². The molecule has 0 fully saturated rings. The number of anilines is 2. The fraction of sp³-hybridized carbons (Fsp3) is 0.250. The van der Waals surface area contributed by atoms with Crippen molar-refractivity contribution in [1.29, 1.82) is 0 Å². The number of halogens is 1. The van der Waals surface area contributed by atoms with Crippen LogP contribution in [0, 0.1) is 3.57 Å². The van der Waals surface area contributed by atoms with Crippen LogP contribution in [0.3, 0.4) is 0 Å². The highest BCUT2D eigenvalue weighted by atomic mass is 127. The Bertz CT molecular complexity index is 549. The molecule has 0 atom stereocenters. The summed E-state index contributed by atoms with van der Waals surface area (Å²) in [5, 5.41) is 0. The maximum Gasteiger partial charge on any atom is 0.0601 e. The lowest BCUT2D eigenvalue weighted by Gasteiger charge is -2.21. The molecule has 2 aromatic rings. The number of nitrogens with two attached hydrogens (primary N) is 1. The second-order valence-corrected chi connectivity index (χ2v) is 5.97. The number of hydrogen-bond donors (Lipinski definition) is 1. The van der Waals surface area contributed by atoms with Crippen molar-refractivity contribution < 1.29 is 0 Å². The quantitative estimate of drug-likeness (QED) is 0.653. The lowest BCUT2D eigenvalue weighted by molar-refractivity contribution is 0.922. The van der Waals surface area contributed by atoms with Crippen LogP contribution in [0.1, 0.15) is 18.1 Å². The fourth-order valence-electron chi connectivity index (χ4n) is 2.11. The first-order valence-corrected chi connectivity index (χ1v) is 7.52. The minimum Gasteiger partial charge on any atom is -0.397 e. The maximum absolute atomic E-state index is 6.08. The molecule has 0 aromatic heterocycles. The highest BCUT2D eigenvalue weighted by Crippen LogP contribution is 2.25. The van der Waals surface area contributed by atoms with Crippen molar-refractivity contribution >= 4 is 34.0 Å². The Labute approximate surface area is 128 Å². The third-order valence-electron chi connectivity index (χ3n) is 3.25. The molecule has 0 bridgehead atoms. The third-order valence-corrected chi connectivity index (χ3v) is 3.92. The van der Waals surface area contributed by atoms with Crippen LogP contribution in [-0.4, -0.2) is 7.05 Å². The van der Waals surface area contributed by atoms with E-state index in [1.165, 1.54) is 14.7 Å². The highest BCUT2D eigenvalue weighted by Gasteiger charge is 2.06. The fourth-order valence-corrected chi connectivity index (χ4v) is 2.63. The van der Waals surface area contributed by atoms with E-state index in [9.17, 15) is 0 Å². The summed E-state index contributed by atoms with van der Waals surface area (Å²) in [6.45, 7) is 3.04. The summed E-state index contributed by atoms with van der Waals surface area (Å²) in [4.78, 5) is 2.19. The minimum absolute atomic E-state index is 0.833. The Kier molecular flexibility index (Phi) is 4.69. The molecule has 0 saturated carbocycles. The van der Waals surface area contributed by atoms with Gasteiger partial charge in [0.25, 0.3) is 0 Å². The van der Waals surface area contributed by atoms with E-state index >= 15 is 0 Å². The predicted octanol–water partition coefficient (Wildman–Crippen LogP) is 4.07. The Balaban J connectivity index is 2.13. The first-order chi connectivity index (χ1) is 9.10. The van der Waals surface area contributed by atoms with Gasteiger partial charge in [0.05, 0.1) is 11.4 Å². The lowest BCUT2D eigenvalue weighted by Crippen LogP contribution is -2.17. The average molecular weight is 366 g/mol. The second kappa shape index (κ2) is 6.28. The van der Waals surface area contributed by atoms with Crippen LogP contribution in [-0.2, 0) is 13.0 Å². The summed E-state index contributed by atoms with van der Waals surface area (Å²) in [5.74, 6) is 0. The number of rotatable bonds is 4. The van der Waals surface area contributed by atoms with Gasteiger partial charge in [-0.05, 0) is 58.3 Å². The molecule has 0 unspecified atom stereocenters. The van der Waals surface area contributed by atoms with Crippen LogP contribution in [0.15, 0.2) is 42.5 Å². The molecule has 0 spiro atoms. The Hall–Kier alpha value is -1.23. The second-order valence-electron chi connectivity index (χ2n) is 4.73. The lowest BCUT2D eigenvalue weighted by atomic mass is 10.1. The van der Waals surface area contributed by atoms with Gasteiger partial charge in [-0.25, -0.2) is 0 Å². The van der Waals surface area contributed by atoms with Gasteiger partial charge >= 0.3 is 0 Å². The van der Waals surface area contributed by atoms with E-state index in [0.29, 0.717) is 0 Å². The molecule has 2 aromatic carbocycles. The Morgan fingerprint density at radius 2 is 1.68 bits per heavy atom. The smallest absolute Gasteiger partial charge is 0.0601 e. The normalized spacial score (nSPS) is 10.5. The van der Waals surface area contributed by atoms with Gasteiger partial charge in [-0.1, -0.05) is 31.2 Å². The Morgan fingerprint density at radius 3 is 2.26 bits per heavy atom. The molecule has 0 heterocycles. The molecular formula is C16H19IN2. The summed E-state index contributed by atoms with van der Waals surface area (Å²) >= 11 is 2.28. The molecule has 0 aliphatic carbocycles. The summed E-state index contributed by atoms with van der Waals surface area (Å²) in [5.41, 5.74) is 10.7. The monoisotopic (exact) mass is 366 g/mol. The highest BCUT2D eigenvalue weighted by molar-refractivity contribution is 14.1. The van der Waals surface area contributed by atoms with Crippen LogP contribution >= 0.6 is 22.6 Å². The van der Waals surface area contributed by atoms with Gasteiger partial charge in [-0.3, -0.25) is 0 Å². The van der Waals surface area contributed by atoms with E-state index in [-0.39, 0.29) is 0 Å². The van der Waals surface area contributed by atoms with E-state index in [1.54, 1.807) is 0 Å². The number of hydrogen-bond acceptors (Lipinski definition) is 2. The molecule has 100 valence electrons. The van der Waals surface area contributed by atoms with Crippen molar-refractivity contribution in [1.82, 2.24) is 0 Å². The van der Waals surface area contributed by atoms with Gasteiger partial charge in [-0.15, -0.1) is 0 Å². The van der Waals surface area contributed by atoms with E-state index in [0.717, 1.165) is 24.3 Å². The topological polar surface area (TPSA) is 29.3 Å². The van der Waals surface area contributed by atoms with Gasteiger partial charge in [0.15, 0.2) is 0 Å². The van der Waals surface area contributed by atoms with Crippen LogP contribution in [0.5, 0.6) is 0 Å². The zero-order chi connectivity index (χ0) is 13.8. The van der Waals surface area contributed by atoms with Crippen molar-refractivity contribution in [3.8, 4) is 0 Å². The number of nitrogen functional groups attached to an aromatic ring is 1. The van der Waals surface area contributed by atoms with Crippen LogP contribution in [0.25, 0.3) is 0 Å². The van der Waals surface area contributed by atoms with E-state index in [2.05, 4.69) is 77.9 Å². The first-order valence-electron chi connectivity index (χ1n) is 6.44. The van der Waals surface area contributed by atoms with Gasteiger partial charge in [0.1, 0.15) is 0 Å². The van der Waals surface area contributed by atoms with Crippen molar-refractivity contribution in [2.45, 2.75) is 19.9 Å². The zero-order valence-electron chi connectivity index (χ0n) is 11.4. The SMILES string of the molecule is CCc1ccc(CN(C)c2ccc(I)cc2N)cc1. The van der Waals surface area contributed by atoms with Crippen molar-refractivity contribution in [2.24, 2.45) is 0 Å². The molecule has 19 heavy (non-hydrogen) atoms. The van der Waals surface area contributed by atoms with Gasteiger partial charge in [0, 0.05) is 17.2 Å². The summed E-state index contributed by atoms with van der Waals surface area (Å²) in [6.07, 6.45) is 1.08. The maximum atomic E-state index is 6.08. The molecule has 2 nitrogen and oxygen atoms in total. The predicted molar refractivity (Wildman–Crippen MR) is 91.5 cm³/mol. The number of nitrogens with zero attached hydrogens (tertiary/aromatic N) is 1. The van der Waals surface area contributed by atoms with E-state index < -0.39 is 0 Å². The van der Waals surface area contributed by atoms with Crippen molar-refractivity contribution in [2.75, 3.05) is 17.7 Å². The standard InChI is InChI=1S/C16H19IN2/c1-3-12-4-6-13(7-5-12)11-19(2)16-9-8-14(17)10-15(16)18/h4-10H,3,11,18H2,1-2H3. The van der Waals surface area contributed by atoms with Crippen LogP contribution < -0.4 is 10.6 Å². The molecule has 0 aliphatic rings. The van der Waals surface area contributed by atoms with Crippen LogP contribution in [0.2, 0.25) is 0 Å². The molecule has 3 heteroatoms. The summed E-state index contributed by atoms with van der Waals surface area (Å²) < 4.78 is 1.17. The first kappa shape index (κ1) is 14.2.